The molecule has 6 nitrogen and oxygen atoms in total. The number of para-hydroxylation sites is 1. The number of phenolic OH excluding ortho intramolecular Hbond substituents is 1. The van der Waals surface area contributed by atoms with Gasteiger partial charge < -0.3 is 14.4 Å². The topological polar surface area (TPSA) is 82.4 Å². The summed E-state index contributed by atoms with van der Waals surface area (Å²) < 4.78 is 19.0. The summed E-state index contributed by atoms with van der Waals surface area (Å²) in [4.78, 5) is 14.8. The van der Waals surface area contributed by atoms with Crippen LogP contribution >= 0.6 is 0 Å². The van der Waals surface area contributed by atoms with Gasteiger partial charge in [0.05, 0.1) is 18.8 Å². The number of hydrogen-bond donors (Lipinski definition) is 2. The number of halogens is 1. The van der Waals surface area contributed by atoms with Gasteiger partial charge in [0.25, 0.3) is 5.91 Å². The number of nitrogens with zero attached hydrogens (tertiary/aromatic N) is 2. The smallest absolute Gasteiger partial charge is 0.273 e. The van der Waals surface area contributed by atoms with Gasteiger partial charge in [-0.25, -0.2) is 4.39 Å². The Balaban J connectivity index is 1.68. The number of H-pyrrole nitrogens is 1. The van der Waals surface area contributed by atoms with E-state index >= 15 is 0 Å². The molecule has 0 fully saturated rings. The minimum Gasteiger partial charge on any atom is -0.507 e. The van der Waals surface area contributed by atoms with Crippen molar-refractivity contribution in [3.8, 4) is 17.0 Å². The van der Waals surface area contributed by atoms with Gasteiger partial charge in [-0.1, -0.05) is 24.3 Å². The van der Waals surface area contributed by atoms with E-state index in [1.54, 1.807) is 59.7 Å². The lowest BCUT2D eigenvalue weighted by Gasteiger charge is -2.25. The molecular weight excluding hydrogens is 373 g/mol. The first-order valence-corrected chi connectivity index (χ1v) is 9.09. The minimum atomic E-state index is -0.503. The van der Waals surface area contributed by atoms with E-state index in [0.717, 1.165) is 5.56 Å². The maximum absolute atomic E-state index is 13.5. The van der Waals surface area contributed by atoms with Crippen LogP contribution in [0.3, 0.4) is 0 Å². The Labute approximate surface area is 165 Å². The zero-order chi connectivity index (χ0) is 20.0. The maximum Gasteiger partial charge on any atom is 0.273 e. The van der Waals surface area contributed by atoms with Crippen LogP contribution in [0.5, 0.6) is 5.75 Å². The van der Waals surface area contributed by atoms with E-state index in [2.05, 4.69) is 10.2 Å². The maximum atomic E-state index is 13.5. The van der Waals surface area contributed by atoms with Gasteiger partial charge >= 0.3 is 0 Å². The van der Waals surface area contributed by atoms with E-state index in [9.17, 15) is 14.3 Å². The van der Waals surface area contributed by atoms with Gasteiger partial charge in [0.15, 0.2) is 0 Å². The second kappa shape index (κ2) is 6.63. The molecule has 0 unspecified atom stereocenters. The molecule has 0 saturated heterocycles. The van der Waals surface area contributed by atoms with Crippen LogP contribution in [0.25, 0.3) is 11.3 Å². The summed E-state index contributed by atoms with van der Waals surface area (Å²) in [5.41, 5.74) is 2.74. The third kappa shape index (κ3) is 2.79. The fourth-order valence-corrected chi connectivity index (χ4v) is 3.80. The van der Waals surface area contributed by atoms with Crippen molar-refractivity contribution in [1.82, 2.24) is 15.1 Å². The number of rotatable bonds is 4. The third-order valence-electron chi connectivity index (χ3n) is 5.11. The van der Waals surface area contributed by atoms with Crippen LogP contribution in [0.1, 0.15) is 33.4 Å². The normalized spacial score (nSPS) is 15.7. The number of carbonyl (C=O) groups is 1. The quantitative estimate of drug-likeness (QED) is 0.546. The Bertz CT molecular complexity index is 1180. The molecule has 0 radical (unpaired) electrons. The molecule has 0 saturated carbocycles. The van der Waals surface area contributed by atoms with Gasteiger partial charge in [-0.2, -0.15) is 5.10 Å². The van der Waals surface area contributed by atoms with E-state index < -0.39 is 6.04 Å². The van der Waals surface area contributed by atoms with Gasteiger partial charge in [0.2, 0.25) is 0 Å². The fourth-order valence-electron chi connectivity index (χ4n) is 3.80. The van der Waals surface area contributed by atoms with E-state index in [1.807, 2.05) is 0 Å². The Morgan fingerprint density at radius 1 is 1.10 bits per heavy atom. The number of hydrogen-bond acceptors (Lipinski definition) is 4. The van der Waals surface area contributed by atoms with Gasteiger partial charge in [-0.15, -0.1) is 0 Å². The second-order valence-corrected chi connectivity index (χ2v) is 6.84. The SMILES string of the molecule is O=C1c2[nH]nc(-c3ccccc3O)c2[C@H](c2ccc(F)cc2)N1Cc1ccco1. The number of phenols is 1. The predicted molar refractivity (Wildman–Crippen MR) is 103 cm³/mol. The van der Waals surface area contributed by atoms with E-state index in [0.29, 0.717) is 28.3 Å². The molecule has 1 atom stereocenters. The summed E-state index contributed by atoms with van der Waals surface area (Å²) >= 11 is 0. The standard InChI is InChI=1S/C22H16FN3O3/c23-14-9-7-13(8-10-14)21-18-19(16-5-1-2-6-17(16)27)24-25-20(18)22(28)26(21)12-15-4-3-11-29-15/h1-11,21,27H,12H2,(H,24,25)/t21-/m0/s1. The number of benzene rings is 2. The van der Waals surface area contributed by atoms with Gasteiger partial charge in [0, 0.05) is 11.1 Å². The lowest BCUT2D eigenvalue weighted by molar-refractivity contribution is 0.0717. The molecule has 29 heavy (non-hydrogen) atoms. The monoisotopic (exact) mass is 389 g/mol. The Hall–Kier alpha value is -3.87. The van der Waals surface area contributed by atoms with Crippen molar-refractivity contribution in [3.63, 3.8) is 0 Å². The molecular formula is C22H16FN3O3. The predicted octanol–water partition coefficient (Wildman–Crippen LogP) is 4.26. The fraction of sp³-hybridized carbons (Fsp3) is 0.0909. The zero-order valence-corrected chi connectivity index (χ0v) is 15.2. The number of amides is 1. The average Bonchev–Trinajstić information content (AvgIpc) is 3.44. The molecule has 0 spiro atoms. The van der Waals surface area contributed by atoms with Crippen molar-refractivity contribution in [1.29, 1.82) is 0 Å². The minimum absolute atomic E-state index is 0.0663. The third-order valence-corrected chi connectivity index (χ3v) is 5.11. The van der Waals surface area contributed by atoms with E-state index in [1.165, 1.54) is 12.1 Å². The van der Waals surface area contributed by atoms with Crippen LogP contribution in [-0.4, -0.2) is 26.1 Å². The van der Waals surface area contributed by atoms with Gasteiger partial charge in [-0.05, 0) is 42.0 Å². The molecule has 1 aliphatic rings. The van der Waals surface area contributed by atoms with Crippen LogP contribution in [0.4, 0.5) is 4.39 Å². The van der Waals surface area contributed by atoms with Crippen molar-refractivity contribution in [2.45, 2.75) is 12.6 Å². The van der Waals surface area contributed by atoms with Crippen LogP contribution in [0.15, 0.2) is 71.3 Å². The highest BCUT2D eigenvalue weighted by molar-refractivity contribution is 6.00. The number of aromatic hydroxyl groups is 1. The summed E-state index contributed by atoms with van der Waals surface area (Å²) in [5, 5.41) is 17.5. The molecule has 144 valence electrons. The summed E-state index contributed by atoms with van der Waals surface area (Å²) in [6.07, 6.45) is 1.55. The first-order valence-electron chi connectivity index (χ1n) is 9.09. The van der Waals surface area contributed by atoms with Crippen LogP contribution in [0.2, 0.25) is 0 Å². The van der Waals surface area contributed by atoms with E-state index in [4.69, 9.17) is 4.42 Å². The Morgan fingerprint density at radius 2 is 1.90 bits per heavy atom. The summed E-state index contributed by atoms with van der Waals surface area (Å²) in [7, 11) is 0. The highest BCUT2D eigenvalue weighted by Crippen LogP contribution is 2.44. The Kier molecular flexibility index (Phi) is 3.94. The molecule has 3 heterocycles. The first-order chi connectivity index (χ1) is 14.1. The highest BCUT2D eigenvalue weighted by Gasteiger charge is 2.42. The molecule has 1 amide bonds. The average molecular weight is 389 g/mol. The molecule has 2 aromatic heterocycles. The number of nitrogens with one attached hydrogen (secondary N) is 1. The molecule has 2 aromatic carbocycles. The first kappa shape index (κ1) is 17.2. The molecule has 0 bridgehead atoms. The lowest BCUT2D eigenvalue weighted by Crippen LogP contribution is -2.29. The largest absolute Gasteiger partial charge is 0.507 e. The molecule has 1 aliphatic heterocycles. The highest BCUT2D eigenvalue weighted by atomic mass is 19.1. The molecule has 2 N–H and O–H groups in total. The number of carbonyl (C=O) groups excluding carboxylic acids is 1. The zero-order valence-electron chi connectivity index (χ0n) is 15.2. The van der Waals surface area contributed by atoms with Crippen molar-refractivity contribution in [2.75, 3.05) is 0 Å². The summed E-state index contributed by atoms with van der Waals surface area (Å²) in [5.74, 6) is 0.105. The number of furan rings is 1. The van der Waals surface area contributed by atoms with Crippen molar-refractivity contribution < 1.29 is 18.7 Å². The van der Waals surface area contributed by atoms with Crippen LogP contribution in [0, 0.1) is 5.82 Å². The number of fused-ring (bicyclic) bond motifs is 1. The lowest BCUT2D eigenvalue weighted by atomic mass is 9.95. The summed E-state index contributed by atoms with van der Waals surface area (Å²) in [6, 6.07) is 15.9. The molecule has 5 rings (SSSR count). The Morgan fingerprint density at radius 3 is 2.62 bits per heavy atom. The van der Waals surface area contributed by atoms with E-state index in [-0.39, 0.29) is 24.0 Å². The molecule has 4 aromatic rings. The number of aromatic nitrogens is 2. The van der Waals surface area contributed by atoms with Gasteiger partial charge in [-0.3, -0.25) is 9.89 Å². The molecule has 0 aliphatic carbocycles. The van der Waals surface area contributed by atoms with Crippen molar-refractivity contribution >= 4 is 5.91 Å². The number of aromatic amines is 1. The summed E-state index contributed by atoms with van der Waals surface area (Å²) in [6.45, 7) is 0.247. The van der Waals surface area contributed by atoms with Gasteiger partial charge in [0.1, 0.15) is 28.7 Å². The van der Waals surface area contributed by atoms with Crippen LogP contribution in [-0.2, 0) is 6.54 Å². The van der Waals surface area contributed by atoms with Crippen molar-refractivity contribution in [3.05, 3.63) is 95.3 Å². The van der Waals surface area contributed by atoms with Crippen LogP contribution < -0.4 is 0 Å². The second-order valence-electron chi connectivity index (χ2n) is 6.84. The van der Waals surface area contributed by atoms with Crippen molar-refractivity contribution in [2.24, 2.45) is 0 Å². The molecule has 7 heteroatoms.